The smallest absolute Gasteiger partial charge is 0.341 e. The molecule has 2 unspecified atom stereocenters. The number of thiophene rings is 1. The lowest BCUT2D eigenvalue weighted by molar-refractivity contribution is -0.116. The van der Waals surface area contributed by atoms with E-state index in [4.69, 9.17) is 27.9 Å². The molecule has 3 N–H and O–H groups in total. The van der Waals surface area contributed by atoms with Gasteiger partial charge in [0.2, 0.25) is 5.91 Å². The minimum absolute atomic E-state index is 0.0670. The third-order valence-electron chi connectivity index (χ3n) is 9.06. The molecule has 0 bridgehead atoms. The number of nitrogens with one attached hydrogen (secondary N) is 3. The van der Waals surface area contributed by atoms with E-state index in [1.807, 2.05) is 13.0 Å². The van der Waals surface area contributed by atoms with E-state index in [1.165, 1.54) is 29.2 Å². The van der Waals surface area contributed by atoms with Crippen molar-refractivity contribution in [2.24, 2.45) is 11.3 Å². The molecule has 1 aliphatic carbocycles. The number of anilines is 2. The largest absolute Gasteiger partial charge is 0.462 e. The molecule has 1 heterocycles. The summed E-state index contributed by atoms with van der Waals surface area (Å²) in [7, 11) is 0. The number of ether oxygens (including phenoxy) is 1. The number of amides is 3. The maximum Gasteiger partial charge on any atom is 0.341 e. The summed E-state index contributed by atoms with van der Waals surface area (Å²) >= 11 is 15.6. The normalized spacial score (nSPS) is 14.8. The van der Waals surface area contributed by atoms with Gasteiger partial charge in [0.25, 0.3) is 11.8 Å². The molecule has 2 atom stereocenters. The number of hydrogen-bond acceptors (Lipinski definition) is 7. The van der Waals surface area contributed by atoms with E-state index in [-0.39, 0.29) is 23.6 Å². The van der Waals surface area contributed by atoms with Crippen LogP contribution in [0, 0.1) is 11.3 Å². The van der Waals surface area contributed by atoms with Crippen molar-refractivity contribution >= 4 is 86.8 Å². The van der Waals surface area contributed by atoms with Crippen molar-refractivity contribution in [3.63, 3.8) is 0 Å². The number of rotatable bonds is 12. The molecule has 12 heteroatoms. The third-order valence-corrected chi connectivity index (χ3v) is 12.2. The van der Waals surface area contributed by atoms with Gasteiger partial charge in [-0.25, -0.2) is 4.79 Å². The van der Waals surface area contributed by atoms with Crippen molar-refractivity contribution in [3.05, 3.63) is 116 Å². The second-order valence-corrected chi connectivity index (χ2v) is 16.9. The predicted molar refractivity (Wildman–Crippen MR) is 217 cm³/mol. The van der Waals surface area contributed by atoms with Crippen LogP contribution in [0.25, 0.3) is 6.08 Å². The van der Waals surface area contributed by atoms with Crippen LogP contribution >= 0.6 is 46.3 Å². The zero-order valence-electron chi connectivity index (χ0n) is 30.3. The highest BCUT2D eigenvalue weighted by atomic mass is 35.5. The molecule has 53 heavy (non-hydrogen) atoms. The maximum absolute atomic E-state index is 13.8. The first kappa shape index (κ1) is 40.1. The molecule has 8 nitrogen and oxygen atoms in total. The Hall–Kier alpha value is -4.09. The fourth-order valence-corrected chi connectivity index (χ4v) is 8.93. The van der Waals surface area contributed by atoms with Crippen LogP contribution < -0.4 is 16.0 Å². The topological polar surface area (TPSA) is 114 Å². The van der Waals surface area contributed by atoms with Gasteiger partial charge >= 0.3 is 5.97 Å². The summed E-state index contributed by atoms with van der Waals surface area (Å²) in [5.74, 6) is -1.25. The highest BCUT2D eigenvalue weighted by molar-refractivity contribution is 8.00. The molecule has 3 aromatic carbocycles. The Morgan fingerprint density at radius 3 is 2.32 bits per heavy atom. The molecular formula is C41H43Cl2N3O5S2. The number of halogens is 2. The molecule has 0 radical (unpaired) electrons. The van der Waals surface area contributed by atoms with Crippen LogP contribution in [0.3, 0.4) is 0 Å². The van der Waals surface area contributed by atoms with Crippen molar-refractivity contribution in [2.75, 3.05) is 17.2 Å². The Balaban J connectivity index is 1.34. The minimum atomic E-state index is -0.598. The average Bonchev–Trinajstić information content (AvgIpc) is 3.49. The fraction of sp³-hybridized carbons (Fsp3) is 0.317. The van der Waals surface area contributed by atoms with E-state index in [1.54, 1.807) is 73.7 Å². The number of carbonyl (C=O) groups is 4. The highest BCUT2D eigenvalue weighted by Gasteiger charge is 2.35. The maximum atomic E-state index is 13.8. The van der Waals surface area contributed by atoms with Crippen LogP contribution in [0.2, 0.25) is 10.0 Å². The average molecular weight is 793 g/mol. The van der Waals surface area contributed by atoms with E-state index in [2.05, 4.69) is 36.7 Å². The number of carbonyl (C=O) groups excluding carboxylic acids is 4. The van der Waals surface area contributed by atoms with Gasteiger partial charge in [0, 0.05) is 36.6 Å². The summed E-state index contributed by atoms with van der Waals surface area (Å²) < 4.78 is 5.44. The fourth-order valence-electron chi connectivity index (χ4n) is 6.09. The Kier molecular flexibility index (Phi) is 13.5. The van der Waals surface area contributed by atoms with Crippen LogP contribution in [0.4, 0.5) is 10.7 Å². The zero-order chi connectivity index (χ0) is 38.3. The SMILES string of the molecule is CCOC(=O)c1c(NC(=O)C(CC)Sc2cccc(NC(=O)/C(=C\c3c(Cl)cccc3Cl)NC(=O)c3ccccc3)c2)sc2c1CCC(C(C)(C)C)C2. The van der Waals surface area contributed by atoms with Gasteiger partial charge in [-0.15, -0.1) is 23.1 Å². The van der Waals surface area contributed by atoms with Crippen LogP contribution in [-0.4, -0.2) is 35.5 Å². The van der Waals surface area contributed by atoms with Crippen molar-refractivity contribution < 1.29 is 23.9 Å². The minimum Gasteiger partial charge on any atom is -0.462 e. The molecule has 4 aromatic rings. The summed E-state index contributed by atoms with van der Waals surface area (Å²) in [6.07, 6.45) is 4.54. The van der Waals surface area contributed by atoms with Gasteiger partial charge in [-0.2, -0.15) is 0 Å². The van der Waals surface area contributed by atoms with E-state index in [0.717, 1.165) is 34.6 Å². The summed E-state index contributed by atoms with van der Waals surface area (Å²) in [5.41, 5.74) is 2.71. The van der Waals surface area contributed by atoms with Crippen molar-refractivity contribution in [1.82, 2.24) is 5.32 Å². The lowest BCUT2D eigenvalue weighted by Gasteiger charge is -2.33. The quantitative estimate of drug-likeness (QED) is 0.0748. The Morgan fingerprint density at radius 1 is 0.962 bits per heavy atom. The first-order chi connectivity index (χ1) is 25.3. The summed E-state index contributed by atoms with van der Waals surface area (Å²) in [6, 6.07) is 20.6. The Bertz CT molecular complexity index is 2000. The van der Waals surface area contributed by atoms with E-state index >= 15 is 0 Å². The number of esters is 1. The van der Waals surface area contributed by atoms with Gasteiger partial charge in [-0.3, -0.25) is 14.4 Å². The monoisotopic (exact) mass is 791 g/mol. The number of benzene rings is 3. The van der Waals surface area contributed by atoms with Crippen LogP contribution in [-0.2, 0) is 27.2 Å². The first-order valence-corrected chi connectivity index (χ1v) is 20.0. The van der Waals surface area contributed by atoms with Crippen LogP contribution in [0.1, 0.15) is 84.2 Å². The lowest BCUT2D eigenvalue weighted by atomic mass is 9.72. The molecule has 0 saturated heterocycles. The van der Waals surface area contributed by atoms with Gasteiger partial charge < -0.3 is 20.7 Å². The number of hydrogen-bond donors (Lipinski definition) is 3. The first-order valence-electron chi connectivity index (χ1n) is 17.5. The highest BCUT2D eigenvalue weighted by Crippen LogP contribution is 2.45. The number of fused-ring (bicyclic) bond motifs is 1. The molecule has 0 spiro atoms. The van der Waals surface area contributed by atoms with Gasteiger partial charge in [-0.05, 0) is 98.0 Å². The number of thioether (sulfide) groups is 1. The molecule has 278 valence electrons. The van der Waals surface area contributed by atoms with E-state index in [0.29, 0.717) is 49.8 Å². The predicted octanol–water partition coefficient (Wildman–Crippen LogP) is 10.3. The van der Waals surface area contributed by atoms with Crippen molar-refractivity contribution in [2.45, 2.75) is 70.4 Å². The van der Waals surface area contributed by atoms with E-state index in [9.17, 15) is 19.2 Å². The second-order valence-electron chi connectivity index (χ2n) is 13.7. The molecule has 3 amide bonds. The van der Waals surface area contributed by atoms with Gasteiger partial charge in [0.05, 0.1) is 17.4 Å². The Labute approximate surface area is 329 Å². The summed E-state index contributed by atoms with van der Waals surface area (Å²) in [4.78, 5) is 55.7. The van der Waals surface area contributed by atoms with E-state index < -0.39 is 23.0 Å². The molecule has 5 rings (SSSR count). The van der Waals surface area contributed by atoms with Gasteiger partial charge in [0.1, 0.15) is 10.7 Å². The van der Waals surface area contributed by atoms with Crippen molar-refractivity contribution in [3.8, 4) is 0 Å². The van der Waals surface area contributed by atoms with Crippen LogP contribution in [0.15, 0.2) is 83.4 Å². The second kappa shape index (κ2) is 17.8. The standard InChI is InChI=1S/C41H43Cl2N3O5S2/c1-6-33(38(49)46-39-35(40(50)51-7-2)28-20-19-25(41(3,4)5)21-34(28)53-39)52-27-16-11-15-26(22-27)44-37(48)32(23-29-30(42)17-12-18-31(29)43)45-36(47)24-13-9-8-10-14-24/h8-18,22-23,25,33H,6-7,19-21H2,1-5H3,(H,44,48)(H,45,47)(H,46,49)/b32-23+. The molecule has 1 aliphatic rings. The molecule has 0 fully saturated rings. The third kappa shape index (κ3) is 10.1. The molecular weight excluding hydrogens is 750 g/mol. The zero-order valence-corrected chi connectivity index (χ0v) is 33.5. The molecule has 0 saturated carbocycles. The van der Waals surface area contributed by atoms with Gasteiger partial charge in [0.15, 0.2) is 0 Å². The molecule has 1 aromatic heterocycles. The van der Waals surface area contributed by atoms with Crippen molar-refractivity contribution in [1.29, 1.82) is 0 Å². The molecule has 0 aliphatic heterocycles. The van der Waals surface area contributed by atoms with Crippen LogP contribution in [0.5, 0.6) is 0 Å². The summed E-state index contributed by atoms with van der Waals surface area (Å²) in [6.45, 7) is 10.7. The lowest BCUT2D eigenvalue weighted by Crippen LogP contribution is -2.30. The summed E-state index contributed by atoms with van der Waals surface area (Å²) in [5, 5.41) is 9.29. The Morgan fingerprint density at radius 2 is 1.66 bits per heavy atom. The van der Waals surface area contributed by atoms with Gasteiger partial charge in [-0.1, -0.05) is 81.2 Å².